The van der Waals surface area contributed by atoms with Gasteiger partial charge in [0.2, 0.25) is 22.8 Å². The number of nitrogens with zero attached hydrogens (tertiary/aromatic N) is 5. The van der Waals surface area contributed by atoms with Crippen molar-refractivity contribution in [2.24, 2.45) is 0 Å². The van der Waals surface area contributed by atoms with E-state index in [-0.39, 0.29) is 18.2 Å². The Morgan fingerprint density at radius 2 is 2.08 bits per heavy atom. The zero-order valence-corrected chi connectivity index (χ0v) is 14.1. The van der Waals surface area contributed by atoms with Gasteiger partial charge in [-0.25, -0.2) is 0 Å². The summed E-state index contributed by atoms with van der Waals surface area (Å²) >= 11 is 1.38. The number of carbonyl (C=O) groups excluding carboxylic acids is 1. The van der Waals surface area contributed by atoms with Gasteiger partial charge in [-0.3, -0.25) is 9.78 Å². The summed E-state index contributed by atoms with van der Waals surface area (Å²) in [7, 11) is 0. The normalized spacial score (nSPS) is 11.0. The van der Waals surface area contributed by atoms with Crippen LogP contribution in [0.3, 0.4) is 0 Å². The van der Waals surface area contributed by atoms with Gasteiger partial charge in [0.15, 0.2) is 0 Å². The smallest absolute Gasteiger partial charge is 0.227 e. The second-order valence-electron chi connectivity index (χ2n) is 5.40. The Bertz CT molecular complexity index is 814. The number of nitrogens with one attached hydrogen (secondary N) is 1. The number of hydrogen-bond acceptors (Lipinski definition) is 8. The summed E-state index contributed by atoms with van der Waals surface area (Å²) in [6, 6.07) is 3.59. The predicted octanol–water partition coefficient (Wildman–Crippen LogP) is 2.68. The number of amides is 1. The van der Waals surface area contributed by atoms with Gasteiger partial charge in [-0.2, -0.15) is 4.98 Å². The molecule has 3 heterocycles. The van der Waals surface area contributed by atoms with Crippen molar-refractivity contribution in [3.8, 4) is 11.4 Å². The quantitative estimate of drug-likeness (QED) is 0.732. The van der Waals surface area contributed by atoms with Gasteiger partial charge in [-0.15, -0.1) is 10.2 Å². The second kappa shape index (κ2) is 7.26. The molecule has 0 bridgehead atoms. The molecule has 8 nitrogen and oxygen atoms in total. The molecule has 1 N–H and O–H groups in total. The van der Waals surface area contributed by atoms with Crippen molar-refractivity contribution in [3.63, 3.8) is 0 Å². The van der Waals surface area contributed by atoms with Crippen LogP contribution in [0, 0.1) is 0 Å². The fraction of sp³-hybridized carbons (Fsp3) is 0.333. The van der Waals surface area contributed by atoms with Crippen molar-refractivity contribution >= 4 is 22.4 Å². The molecule has 0 spiro atoms. The molecule has 0 atom stereocenters. The van der Waals surface area contributed by atoms with Crippen molar-refractivity contribution in [1.29, 1.82) is 0 Å². The molecule has 24 heavy (non-hydrogen) atoms. The van der Waals surface area contributed by atoms with Gasteiger partial charge in [0.05, 0.1) is 0 Å². The summed E-state index contributed by atoms with van der Waals surface area (Å²) in [6.07, 6.45) is 3.91. The SMILES string of the molecule is CC(C)c1nnc(NC(=O)CCc2nc(-c3ccncc3)no2)s1. The van der Waals surface area contributed by atoms with Gasteiger partial charge in [-0.1, -0.05) is 30.3 Å². The van der Waals surface area contributed by atoms with Crippen LogP contribution in [0.1, 0.15) is 37.1 Å². The molecule has 3 aromatic heterocycles. The van der Waals surface area contributed by atoms with E-state index in [0.717, 1.165) is 10.6 Å². The van der Waals surface area contributed by atoms with Crippen molar-refractivity contribution in [1.82, 2.24) is 25.3 Å². The maximum atomic E-state index is 12.0. The van der Waals surface area contributed by atoms with E-state index in [1.807, 2.05) is 13.8 Å². The highest BCUT2D eigenvalue weighted by Gasteiger charge is 2.13. The molecule has 0 aliphatic carbocycles. The standard InChI is InChI=1S/C15H16N6O2S/c1-9(2)14-19-20-15(24-14)17-11(22)3-4-12-18-13(21-23-12)10-5-7-16-8-6-10/h5-9H,3-4H2,1-2H3,(H,17,20,22). The Balaban J connectivity index is 1.54. The third-order valence-corrected chi connectivity index (χ3v) is 4.29. The maximum absolute atomic E-state index is 12.0. The van der Waals surface area contributed by atoms with E-state index >= 15 is 0 Å². The molecule has 0 fully saturated rings. The van der Waals surface area contributed by atoms with E-state index in [9.17, 15) is 4.79 Å². The highest BCUT2D eigenvalue weighted by molar-refractivity contribution is 7.15. The van der Waals surface area contributed by atoms with E-state index in [2.05, 4.69) is 30.6 Å². The Morgan fingerprint density at radius 1 is 1.29 bits per heavy atom. The molecule has 0 saturated heterocycles. The summed E-state index contributed by atoms with van der Waals surface area (Å²) < 4.78 is 5.17. The first-order chi connectivity index (χ1) is 11.6. The number of carbonyl (C=O) groups is 1. The fourth-order valence-corrected chi connectivity index (χ4v) is 2.66. The summed E-state index contributed by atoms with van der Waals surface area (Å²) in [5.74, 6) is 1.03. The van der Waals surface area contributed by atoms with Crippen LogP contribution in [0.5, 0.6) is 0 Å². The molecule has 0 aliphatic heterocycles. The van der Waals surface area contributed by atoms with Crippen LogP contribution >= 0.6 is 11.3 Å². The number of rotatable bonds is 6. The molecule has 1 amide bonds. The summed E-state index contributed by atoms with van der Waals surface area (Å²) in [6.45, 7) is 4.06. The van der Waals surface area contributed by atoms with Gasteiger partial charge in [-0.05, 0) is 12.1 Å². The Kier molecular flexibility index (Phi) is 4.90. The highest BCUT2D eigenvalue weighted by atomic mass is 32.1. The molecule has 3 rings (SSSR count). The maximum Gasteiger partial charge on any atom is 0.227 e. The topological polar surface area (TPSA) is 107 Å². The lowest BCUT2D eigenvalue weighted by molar-refractivity contribution is -0.116. The average Bonchev–Trinajstić information content (AvgIpc) is 3.23. The zero-order chi connectivity index (χ0) is 16.9. The number of aryl methyl sites for hydroxylation is 1. The largest absolute Gasteiger partial charge is 0.339 e. The van der Waals surface area contributed by atoms with Gasteiger partial charge < -0.3 is 9.84 Å². The van der Waals surface area contributed by atoms with Gasteiger partial charge >= 0.3 is 0 Å². The summed E-state index contributed by atoms with van der Waals surface area (Å²) in [5, 5.41) is 16.0. The number of pyridine rings is 1. The molecule has 0 radical (unpaired) electrons. The Morgan fingerprint density at radius 3 is 2.79 bits per heavy atom. The van der Waals surface area contributed by atoms with Crippen molar-refractivity contribution in [2.45, 2.75) is 32.6 Å². The lowest BCUT2D eigenvalue weighted by Crippen LogP contribution is -2.12. The van der Waals surface area contributed by atoms with E-state index in [4.69, 9.17) is 4.52 Å². The molecule has 0 aromatic carbocycles. The molecule has 9 heteroatoms. The van der Waals surface area contributed by atoms with Gasteiger partial charge in [0, 0.05) is 36.7 Å². The third-order valence-electron chi connectivity index (χ3n) is 3.15. The minimum atomic E-state index is -0.162. The zero-order valence-electron chi connectivity index (χ0n) is 13.3. The van der Waals surface area contributed by atoms with Gasteiger partial charge in [0.1, 0.15) is 5.01 Å². The van der Waals surface area contributed by atoms with Crippen LogP contribution in [0.2, 0.25) is 0 Å². The van der Waals surface area contributed by atoms with Crippen LogP contribution in [-0.2, 0) is 11.2 Å². The average molecular weight is 344 g/mol. The minimum absolute atomic E-state index is 0.162. The fourth-order valence-electron chi connectivity index (χ4n) is 1.90. The molecule has 0 unspecified atom stereocenters. The van der Waals surface area contributed by atoms with Gasteiger partial charge in [0.25, 0.3) is 0 Å². The lowest BCUT2D eigenvalue weighted by Gasteiger charge is -1.98. The highest BCUT2D eigenvalue weighted by Crippen LogP contribution is 2.22. The molecule has 0 aliphatic rings. The monoisotopic (exact) mass is 344 g/mol. The first kappa shape index (κ1) is 16.2. The molecular weight excluding hydrogens is 328 g/mol. The van der Waals surface area contributed by atoms with Crippen LogP contribution in [-0.4, -0.2) is 31.2 Å². The van der Waals surface area contributed by atoms with E-state index in [1.54, 1.807) is 24.5 Å². The number of aromatic nitrogens is 5. The third kappa shape index (κ3) is 3.99. The minimum Gasteiger partial charge on any atom is -0.339 e. The molecular formula is C15H16N6O2S. The second-order valence-corrected chi connectivity index (χ2v) is 6.41. The first-order valence-electron chi connectivity index (χ1n) is 7.48. The van der Waals surface area contributed by atoms with Crippen molar-refractivity contribution < 1.29 is 9.32 Å². The van der Waals surface area contributed by atoms with E-state index in [0.29, 0.717) is 23.3 Å². The Hall–Kier alpha value is -2.68. The van der Waals surface area contributed by atoms with Crippen LogP contribution in [0.15, 0.2) is 29.0 Å². The molecule has 0 saturated carbocycles. The van der Waals surface area contributed by atoms with Crippen molar-refractivity contribution in [2.75, 3.05) is 5.32 Å². The van der Waals surface area contributed by atoms with E-state index < -0.39 is 0 Å². The first-order valence-corrected chi connectivity index (χ1v) is 8.29. The van der Waals surface area contributed by atoms with E-state index in [1.165, 1.54) is 11.3 Å². The molecule has 124 valence electrons. The predicted molar refractivity (Wildman–Crippen MR) is 88.5 cm³/mol. The Labute approximate surface area is 142 Å². The summed E-state index contributed by atoms with van der Waals surface area (Å²) in [4.78, 5) is 20.2. The van der Waals surface area contributed by atoms with Crippen LogP contribution in [0.25, 0.3) is 11.4 Å². The van der Waals surface area contributed by atoms with Crippen molar-refractivity contribution in [3.05, 3.63) is 35.4 Å². The summed E-state index contributed by atoms with van der Waals surface area (Å²) in [5.41, 5.74) is 0.819. The van der Waals surface area contributed by atoms with Crippen LogP contribution < -0.4 is 5.32 Å². The molecule has 3 aromatic rings. The number of hydrogen-bond donors (Lipinski definition) is 1. The lowest BCUT2D eigenvalue weighted by atomic mass is 10.2. The van der Waals surface area contributed by atoms with Crippen LogP contribution in [0.4, 0.5) is 5.13 Å². The number of anilines is 1.